The molecule has 1 aliphatic rings. The minimum atomic E-state index is -0.343. The first kappa shape index (κ1) is 15.3. The molecule has 5 heteroatoms. The third-order valence-corrected chi connectivity index (χ3v) is 4.21. The molecule has 0 unspecified atom stereocenters. The molecule has 1 aromatic heterocycles. The van der Waals surface area contributed by atoms with E-state index in [1.54, 1.807) is 12.3 Å². The van der Waals surface area contributed by atoms with Crippen molar-refractivity contribution < 1.29 is 9.13 Å². The van der Waals surface area contributed by atoms with Crippen molar-refractivity contribution in [3.8, 4) is 5.75 Å². The lowest BCUT2D eigenvalue weighted by molar-refractivity contribution is 0.142. The van der Waals surface area contributed by atoms with E-state index in [2.05, 4.69) is 10.3 Å². The number of aromatic nitrogens is 1. The maximum Gasteiger partial charge on any atom is 0.141 e. The summed E-state index contributed by atoms with van der Waals surface area (Å²) in [4.78, 5) is 3.96. The standard InChI is InChI=1S/C17H18ClFN2O/c1-11-6-14(18)2-3-16(11)22-17(12-4-5-20-8-12)13-7-15(19)10-21-9-13/h2-3,6-7,9-10,12,17,20H,4-5,8H2,1H3/t12-,17-/m0/s1. The average molecular weight is 321 g/mol. The Labute approximate surface area is 134 Å². The van der Waals surface area contributed by atoms with Gasteiger partial charge in [0.2, 0.25) is 0 Å². The van der Waals surface area contributed by atoms with E-state index in [1.807, 2.05) is 19.1 Å². The maximum atomic E-state index is 13.5. The van der Waals surface area contributed by atoms with Gasteiger partial charge in [-0.25, -0.2) is 4.39 Å². The summed E-state index contributed by atoms with van der Waals surface area (Å²) in [7, 11) is 0. The topological polar surface area (TPSA) is 34.1 Å². The van der Waals surface area contributed by atoms with Crippen LogP contribution in [0.1, 0.15) is 23.7 Å². The van der Waals surface area contributed by atoms with E-state index in [0.717, 1.165) is 36.4 Å². The molecule has 0 spiro atoms. The van der Waals surface area contributed by atoms with Crippen LogP contribution in [-0.2, 0) is 0 Å². The Morgan fingerprint density at radius 2 is 2.23 bits per heavy atom. The van der Waals surface area contributed by atoms with Gasteiger partial charge in [-0.15, -0.1) is 0 Å². The quantitative estimate of drug-likeness (QED) is 0.927. The van der Waals surface area contributed by atoms with Crippen molar-refractivity contribution in [2.24, 2.45) is 5.92 Å². The molecule has 0 radical (unpaired) electrons. The first-order chi connectivity index (χ1) is 10.6. The van der Waals surface area contributed by atoms with Gasteiger partial charge in [0.15, 0.2) is 0 Å². The van der Waals surface area contributed by atoms with Gasteiger partial charge in [-0.3, -0.25) is 4.98 Å². The first-order valence-corrected chi connectivity index (χ1v) is 7.75. The van der Waals surface area contributed by atoms with Gasteiger partial charge < -0.3 is 10.1 Å². The number of nitrogens with zero attached hydrogens (tertiary/aromatic N) is 1. The number of nitrogens with one attached hydrogen (secondary N) is 1. The molecule has 1 N–H and O–H groups in total. The Hall–Kier alpha value is -1.65. The van der Waals surface area contributed by atoms with Crippen LogP contribution in [0.5, 0.6) is 5.75 Å². The van der Waals surface area contributed by atoms with Gasteiger partial charge in [-0.1, -0.05) is 11.6 Å². The molecule has 1 aliphatic heterocycles. The number of rotatable bonds is 4. The first-order valence-electron chi connectivity index (χ1n) is 7.37. The maximum absolute atomic E-state index is 13.5. The molecule has 1 saturated heterocycles. The van der Waals surface area contributed by atoms with Gasteiger partial charge >= 0.3 is 0 Å². The fourth-order valence-corrected chi connectivity index (χ4v) is 3.06. The number of ether oxygens (including phenoxy) is 1. The summed E-state index contributed by atoms with van der Waals surface area (Å²) in [5.41, 5.74) is 1.73. The lowest BCUT2D eigenvalue weighted by Crippen LogP contribution is -2.22. The average Bonchev–Trinajstić information content (AvgIpc) is 3.00. The van der Waals surface area contributed by atoms with E-state index in [1.165, 1.54) is 12.3 Å². The van der Waals surface area contributed by atoms with Gasteiger partial charge in [0.25, 0.3) is 0 Å². The van der Waals surface area contributed by atoms with Crippen molar-refractivity contribution in [2.45, 2.75) is 19.4 Å². The van der Waals surface area contributed by atoms with Gasteiger partial charge in [0.1, 0.15) is 17.7 Å². The van der Waals surface area contributed by atoms with Crippen LogP contribution < -0.4 is 10.1 Å². The van der Waals surface area contributed by atoms with E-state index in [0.29, 0.717) is 10.9 Å². The Morgan fingerprint density at radius 3 is 2.91 bits per heavy atom. The predicted molar refractivity (Wildman–Crippen MR) is 84.7 cm³/mol. The molecule has 22 heavy (non-hydrogen) atoms. The molecule has 3 rings (SSSR count). The lowest BCUT2D eigenvalue weighted by atomic mass is 9.95. The molecule has 1 fully saturated rings. The largest absolute Gasteiger partial charge is 0.485 e. The lowest BCUT2D eigenvalue weighted by Gasteiger charge is -2.25. The Bertz CT molecular complexity index is 659. The minimum Gasteiger partial charge on any atom is -0.485 e. The molecule has 0 bridgehead atoms. The molecule has 2 atom stereocenters. The van der Waals surface area contributed by atoms with E-state index < -0.39 is 0 Å². The second kappa shape index (κ2) is 6.63. The van der Waals surface area contributed by atoms with Crippen molar-refractivity contribution >= 4 is 11.6 Å². The second-order valence-corrected chi connectivity index (χ2v) is 6.07. The number of halogens is 2. The van der Waals surface area contributed by atoms with Crippen molar-refractivity contribution in [3.05, 3.63) is 58.6 Å². The van der Waals surface area contributed by atoms with Crippen LogP contribution in [0.25, 0.3) is 0 Å². The molecule has 0 saturated carbocycles. The van der Waals surface area contributed by atoms with Gasteiger partial charge in [0.05, 0.1) is 6.20 Å². The molecule has 0 aliphatic carbocycles. The SMILES string of the molecule is Cc1cc(Cl)ccc1O[C@H](c1cncc(F)c1)[C@H]1CCNC1. The molecular weight excluding hydrogens is 303 g/mol. The Morgan fingerprint density at radius 1 is 1.36 bits per heavy atom. The fraction of sp³-hybridized carbons (Fsp3) is 0.353. The monoisotopic (exact) mass is 320 g/mol. The smallest absolute Gasteiger partial charge is 0.141 e. The molecule has 3 nitrogen and oxygen atoms in total. The van der Waals surface area contributed by atoms with Crippen LogP contribution in [0, 0.1) is 18.7 Å². The number of benzene rings is 1. The van der Waals surface area contributed by atoms with Crippen molar-refractivity contribution in [1.29, 1.82) is 0 Å². The molecular formula is C17H18ClFN2O. The minimum absolute atomic E-state index is 0.224. The van der Waals surface area contributed by atoms with E-state index in [9.17, 15) is 4.39 Å². The zero-order chi connectivity index (χ0) is 15.5. The van der Waals surface area contributed by atoms with Gasteiger partial charge in [0, 0.05) is 29.2 Å². The highest BCUT2D eigenvalue weighted by molar-refractivity contribution is 6.30. The molecule has 2 aromatic rings. The van der Waals surface area contributed by atoms with Crippen LogP contribution in [-0.4, -0.2) is 18.1 Å². The molecule has 1 aromatic carbocycles. The normalized spacial score (nSPS) is 19.1. The molecule has 2 heterocycles. The zero-order valence-electron chi connectivity index (χ0n) is 12.4. The van der Waals surface area contributed by atoms with Crippen LogP contribution >= 0.6 is 11.6 Å². The predicted octanol–water partition coefficient (Wildman–Crippen LogP) is 3.91. The van der Waals surface area contributed by atoms with Gasteiger partial charge in [-0.2, -0.15) is 0 Å². The van der Waals surface area contributed by atoms with Crippen molar-refractivity contribution in [3.63, 3.8) is 0 Å². The summed E-state index contributed by atoms with van der Waals surface area (Å²) in [6.45, 7) is 3.76. The van der Waals surface area contributed by atoms with Crippen LogP contribution in [0.2, 0.25) is 5.02 Å². The van der Waals surface area contributed by atoms with Crippen LogP contribution in [0.15, 0.2) is 36.7 Å². The summed E-state index contributed by atoms with van der Waals surface area (Å²) in [5.74, 6) is 0.717. The van der Waals surface area contributed by atoms with Crippen molar-refractivity contribution in [1.82, 2.24) is 10.3 Å². The highest BCUT2D eigenvalue weighted by Crippen LogP contribution is 2.34. The highest BCUT2D eigenvalue weighted by atomic mass is 35.5. The third-order valence-electron chi connectivity index (χ3n) is 3.97. The summed E-state index contributed by atoms with van der Waals surface area (Å²) in [5, 5.41) is 4.01. The Kier molecular flexibility index (Phi) is 4.60. The van der Waals surface area contributed by atoms with Crippen LogP contribution in [0.3, 0.4) is 0 Å². The van der Waals surface area contributed by atoms with Crippen molar-refractivity contribution in [2.75, 3.05) is 13.1 Å². The summed E-state index contributed by atoms with van der Waals surface area (Å²) in [6.07, 6.45) is 3.66. The van der Waals surface area contributed by atoms with E-state index >= 15 is 0 Å². The second-order valence-electron chi connectivity index (χ2n) is 5.64. The van der Waals surface area contributed by atoms with Crippen LogP contribution in [0.4, 0.5) is 4.39 Å². The van der Waals surface area contributed by atoms with E-state index in [-0.39, 0.29) is 11.9 Å². The summed E-state index contributed by atoms with van der Waals surface area (Å²) >= 11 is 5.99. The van der Waals surface area contributed by atoms with Gasteiger partial charge in [-0.05, 0) is 49.7 Å². The summed E-state index contributed by atoms with van der Waals surface area (Å²) in [6, 6.07) is 7.03. The van der Waals surface area contributed by atoms with E-state index in [4.69, 9.17) is 16.3 Å². The number of pyridine rings is 1. The third kappa shape index (κ3) is 3.39. The molecule has 0 amide bonds. The number of hydrogen-bond acceptors (Lipinski definition) is 3. The number of hydrogen-bond donors (Lipinski definition) is 1. The summed E-state index contributed by atoms with van der Waals surface area (Å²) < 4.78 is 19.8. The fourth-order valence-electron chi connectivity index (χ4n) is 2.84. The molecule has 116 valence electrons. The Balaban J connectivity index is 1.91. The highest BCUT2D eigenvalue weighted by Gasteiger charge is 2.29. The zero-order valence-corrected chi connectivity index (χ0v) is 13.1. The number of aryl methyl sites for hydroxylation is 1.